The second kappa shape index (κ2) is 8.38. The molecule has 124 valence electrons. The van der Waals surface area contributed by atoms with E-state index in [0.717, 1.165) is 0 Å². The van der Waals surface area contributed by atoms with E-state index in [4.69, 9.17) is 9.47 Å². The summed E-state index contributed by atoms with van der Waals surface area (Å²) in [6.07, 6.45) is 3.11. The molecule has 24 heavy (non-hydrogen) atoms. The number of ether oxygens (including phenoxy) is 2. The van der Waals surface area contributed by atoms with Gasteiger partial charge < -0.3 is 14.6 Å². The number of carbonyl (C=O) groups is 1. The van der Waals surface area contributed by atoms with Gasteiger partial charge in [0.2, 0.25) is 0 Å². The highest BCUT2D eigenvalue weighted by Crippen LogP contribution is 2.25. The Balaban J connectivity index is 1.96. The zero-order valence-corrected chi connectivity index (χ0v) is 13.2. The molecule has 0 aliphatic carbocycles. The summed E-state index contributed by atoms with van der Waals surface area (Å²) in [5, 5.41) is 13.4. The summed E-state index contributed by atoms with van der Waals surface area (Å²) in [7, 11) is 1.46. The molecule has 0 fully saturated rings. The quantitative estimate of drug-likeness (QED) is 0.466. The van der Waals surface area contributed by atoms with Gasteiger partial charge in [-0.15, -0.1) is 0 Å². The SMILES string of the molecule is C=CCOc1ccc(C(=O)NN=Cc2ccc(O)c(OC)c2)cc1. The Kier molecular flexibility index (Phi) is 5.96. The van der Waals surface area contributed by atoms with Crippen LogP contribution in [0.2, 0.25) is 0 Å². The number of nitrogens with zero attached hydrogens (tertiary/aromatic N) is 1. The molecule has 2 rings (SSSR count). The van der Waals surface area contributed by atoms with Crippen LogP contribution in [-0.4, -0.2) is 30.9 Å². The van der Waals surface area contributed by atoms with Gasteiger partial charge in [-0.05, 0) is 48.0 Å². The zero-order chi connectivity index (χ0) is 17.4. The number of phenolic OH excluding ortho intramolecular Hbond substituents is 1. The molecule has 2 N–H and O–H groups in total. The van der Waals surface area contributed by atoms with Gasteiger partial charge in [0.05, 0.1) is 13.3 Å². The van der Waals surface area contributed by atoms with Crippen LogP contribution in [-0.2, 0) is 0 Å². The number of hydrogen-bond acceptors (Lipinski definition) is 5. The highest BCUT2D eigenvalue weighted by Gasteiger charge is 2.05. The summed E-state index contributed by atoms with van der Waals surface area (Å²) in [5.74, 6) is 0.691. The van der Waals surface area contributed by atoms with Crippen molar-refractivity contribution in [1.82, 2.24) is 5.43 Å². The fourth-order valence-electron chi connectivity index (χ4n) is 1.86. The molecular weight excluding hydrogens is 308 g/mol. The average molecular weight is 326 g/mol. The molecule has 6 heteroatoms. The first-order valence-electron chi connectivity index (χ1n) is 7.18. The van der Waals surface area contributed by atoms with Gasteiger partial charge in [-0.25, -0.2) is 5.43 Å². The van der Waals surface area contributed by atoms with E-state index in [9.17, 15) is 9.90 Å². The first kappa shape index (κ1) is 17.1. The van der Waals surface area contributed by atoms with Crippen LogP contribution in [0.25, 0.3) is 0 Å². The van der Waals surface area contributed by atoms with Gasteiger partial charge >= 0.3 is 0 Å². The van der Waals surface area contributed by atoms with Crippen LogP contribution in [0.15, 0.2) is 60.2 Å². The van der Waals surface area contributed by atoms with Crippen molar-refractivity contribution < 1.29 is 19.4 Å². The smallest absolute Gasteiger partial charge is 0.271 e. The summed E-state index contributed by atoms with van der Waals surface area (Å²) < 4.78 is 10.4. The fraction of sp³-hybridized carbons (Fsp3) is 0.111. The van der Waals surface area contributed by atoms with Gasteiger partial charge in [0.1, 0.15) is 12.4 Å². The molecule has 2 aromatic carbocycles. The van der Waals surface area contributed by atoms with Crippen LogP contribution in [0.3, 0.4) is 0 Å². The topological polar surface area (TPSA) is 80.2 Å². The van der Waals surface area contributed by atoms with Gasteiger partial charge in [0.25, 0.3) is 5.91 Å². The number of amides is 1. The molecule has 6 nitrogen and oxygen atoms in total. The predicted molar refractivity (Wildman–Crippen MR) is 91.9 cm³/mol. The molecule has 0 atom stereocenters. The largest absolute Gasteiger partial charge is 0.504 e. The second-order valence-electron chi connectivity index (χ2n) is 4.75. The van der Waals surface area contributed by atoms with Gasteiger partial charge in [0.15, 0.2) is 11.5 Å². The minimum atomic E-state index is -0.340. The molecule has 0 aromatic heterocycles. The number of methoxy groups -OCH3 is 1. The van der Waals surface area contributed by atoms with Gasteiger partial charge in [0, 0.05) is 5.56 Å². The monoisotopic (exact) mass is 326 g/mol. The van der Waals surface area contributed by atoms with Crippen LogP contribution in [0.5, 0.6) is 17.2 Å². The molecule has 0 saturated heterocycles. The zero-order valence-electron chi connectivity index (χ0n) is 13.2. The number of nitrogens with one attached hydrogen (secondary N) is 1. The molecule has 0 saturated carbocycles. The lowest BCUT2D eigenvalue weighted by Crippen LogP contribution is -2.17. The van der Waals surface area contributed by atoms with E-state index in [1.54, 1.807) is 42.5 Å². The van der Waals surface area contributed by atoms with E-state index in [0.29, 0.717) is 29.2 Å². The average Bonchev–Trinajstić information content (AvgIpc) is 2.61. The number of benzene rings is 2. The molecule has 0 radical (unpaired) electrons. The van der Waals surface area contributed by atoms with E-state index in [-0.39, 0.29) is 11.7 Å². The van der Waals surface area contributed by atoms with Crippen LogP contribution >= 0.6 is 0 Å². The summed E-state index contributed by atoms with van der Waals surface area (Å²) >= 11 is 0. The summed E-state index contributed by atoms with van der Waals surface area (Å²) in [4.78, 5) is 12.0. The van der Waals surface area contributed by atoms with Crippen LogP contribution in [0, 0.1) is 0 Å². The van der Waals surface area contributed by atoms with Gasteiger partial charge in [-0.3, -0.25) is 4.79 Å². The predicted octanol–water partition coefficient (Wildman–Crippen LogP) is 2.73. The Morgan fingerprint density at radius 2 is 2.04 bits per heavy atom. The lowest BCUT2D eigenvalue weighted by atomic mass is 10.2. The highest BCUT2D eigenvalue weighted by atomic mass is 16.5. The van der Waals surface area contributed by atoms with Crippen molar-refractivity contribution in [2.45, 2.75) is 0 Å². The molecule has 0 aliphatic heterocycles. The molecule has 0 spiro atoms. The van der Waals surface area contributed by atoms with E-state index >= 15 is 0 Å². The first-order chi connectivity index (χ1) is 11.6. The summed E-state index contributed by atoms with van der Waals surface area (Å²) in [6, 6.07) is 11.4. The maximum Gasteiger partial charge on any atom is 0.271 e. The second-order valence-corrected chi connectivity index (χ2v) is 4.75. The number of phenols is 1. The number of carbonyl (C=O) groups excluding carboxylic acids is 1. The number of hydrazone groups is 1. The van der Waals surface area contributed by atoms with Crippen molar-refractivity contribution in [3.8, 4) is 17.2 Å². The molecular formula is C18H18N2O4. The molecule has 0 aliphatic rings. The third-order valence-electron chi connectivity index (χ3n) is 3.07. The van der Waals surface area contributed by atoms with Crippen LogP contribution < -0.4 is 14.9 Å². The highest BCUT2D eigenvalue weighted by molar-refractivity contribution is 5.95. The van der Waals surface area contributed by atoms with Crippen LogP contribution in [0.1, 0.15) is 15.9 Å². The normalized spacial score (nSPS) is 10.4. The minimum absolute atomic E-state index is 0.0393. The molecule has 0 bridgehead atoms. The molecule has 0 unspecified atom stereocenters. The number of hydrogen-bond donors (Lipinski definition) is 2. The number of rotatable bonds is 7. The Hall–Kier alpha value is -3.28. The van der Waals surface area contributed by atoms with E-state index in [2.05, 4.69) is 17.1 Å². The van der Waals surface area contributed by atoms with Gasteiger partial charge in [-0.2, -0.15) is 5.10 Å². The van der Waals surface area contributed by atoms with Crippen molar-refractivity contribution in [2.24, 2.45) is 5.10 Å². The molecule has 1 amide bonds. The summed E-state index contributed by atoms with van der Waals surface area (Å²) in [6.45, 7) is 3.98. The van der Waals surface area contributed by atoms with Crippen molar-refractivity contribution in [3.05, 3.63) is 66.2 Å². The van der Waals surface area contributed by atoms with Gasteiger partial charge in [-0.1, -0.05) is 12.7 Å². The standard InChI is InChI=1S/C18H18N2O4/c1-3-10-24-15-7-5-14(6-8-15)18(22)20-19-12-13-4-9-16(21)17(11-13)23-2/h3-9,11-12,21H,1,10H2,2H3,(H,20,22). The maximum absolute atomic E-state index is 12.0. The molecule has 2 aromatic rings. The van der Waals surface area contributed by atoms with Crippen molar-refractivity contribution in [1.29, 1.82) is 0 Å². The van der Waals surface area contributed by atoms with Crippen molar-refractivity contribution in [3.63, 3.8) is 0 Å². The van der Waals surface area contributed by atoms with Crippen molar-refractivity contribution >= 4 is 12.1 Å². The third-order valence-corrected chi connectivity index (χ3v) is 3.07. The molecule has 0 heterocycles. The van der Waals surface area contributed by atoms with Crippen LogP contribution in [0.4, 0.5) is 0 Å². The van der Waals surface area contributed by atoms with E-state index in [1.165, 1.54) is 19.4 Å². The van der Waals surface area contributed by atoms with E-state index < -0.39 is 0 Å². The Bertz CT molecular complexity index is 739. The third kappa shape index (κ3) is 4.61. The Morgan fingerprint density at radius 1 is 1.29 bits per heavy atom. The number of aromatic hydroxyl groups is 1. The maximum atomic E-state index is 12.0. The first-order valence-corrected chi connectivity index (χ1v) is 7.18. The lowest BCUT2D eigenvalue weighted by Gasteiger charge is -2.05. The Morgan fingerprint density at radius 3 is 2.71 bits per heavy atom. The lowest BCUT2D eigenvalue weighted by molar-refractivity contribution is 0.0955. The Labute approximate surface area is 140 Å². The summed E-state index contributed by atoms with van der Waals surface area (Å²) in [5.41, 5.74) is 3.57. The fourth-order valence-corrected chi connectivity index (χ4v) is 1.86. The van der Waals surface area contributed by atoms with E-state index in [1.807, 2.05) is 0 Å². The van der Waals surface area contributed by atoms with Crippen molar-refractivity contribution in [2.75, 3.05) is 13.7 Å². The minimum Gasteiger partial charge on any atom is -0.504 e.